The Morgan fingerprint density at radius 3 is 2.45 bits per heavy atom. The molecular formula is C14H16N2O3S. The van der Waals surface area contributed by atoms with E-state index in [2.05, 4.69) is 10.3 Å². The van der Waals surface area contributed by atoms with Gasteiger partial charge in [0.2, 0.25) is 5.88 Å². The molecule has 0 saturated carbocycles. The maximum absolute atomic E-state index is 11.4. The van der Waals surface area contributed by atoms with Crippen LogP contribution in [0.25, 0.3) is 0 Å². The van der Waals surface area contributed by atoms with E-state index in [-0.39, 0.29) is 4.90 Å². The van der Waals surface area contributed by atoms with Crippen LogP contribution in [0, 0.1) is 0 Å². The van der Waals surface area contributed by atoms with Gasteiger partial charge >= 0.3 is 0 Å². The van der Waals surface area contributed by atoms with Crippen LogP contribution in [0.2, 0.25) is 0 Å². The van der Waals surface area contributed by atoms with E-state index in [1.54, 1.807) is 18.2 Å². The zero-order valence-electron chi connectivity index (χ0n) is 11.3. The molecule has 2 aromatic rings. The van der Waals surface area contributed by atoms with Crippen molar-refractivity contribution in [3.63, 3.8) is 0 Å². The summed E-state index contributed by atoms with van der Waals surface area (Å²) in [7, 11) is -1.34. The average molecular weight is 292 g/mol. The van der Waals surface area contributed by atoms with Gasteiger partial charge in [0.15, 0.2) is 9.84 Å². The van der Waals surface area contributed by atoms with E-state index < -0.39 is 9.84 Å². The molecule has 0 aliphatic rings. The van der Waals surface area contributed by atoms with Gasteiger partial charge in [-0.05, 0) is 37.4 Å². The number of nitrogens with one attached hydrogen (secondary N) is 1. The fourth-order valence-electron chi connectivity index (χ4n) is 1.67. The highest BCUT2D eigenvalue weighted by atomic mass is 32.2. The molecule has 0 spiro atoms. The van der Waals surface area contributed by atoms with Gasteiger partial charge in [0.25, 0.3) is 0 Å². The molecule has 0 amide bonds. The van der Waals surface area contributed by atoms with Crippen LogP contribution in [-0.2, 0) is 16.4 Å². The number of aromatic nitrogens is 1. The molecule has 0 unspecified atom stereocenters. The summed E-state index contributed by atoms with van der Waals surface area (Å²) in [5.74, 6) is 1.02. The highest BCUT2D eigenvalue weighted by molar-refractivity contribution is 7.90. The Morgan fingerprint density at radius 2 is 1.85 bits per heavy atom. The lowest BCUT2D eigenvalue weighted by Crippen LogP contribution is -2.06. The predicted molar refractivity (Wildman–Crippen MR) is 76.6 cm³/mol. The lowest BCUT2D eigenvalue weighted by molar-refractivity contribution is 0.459. The molecule has 106 valence electrons. The molecule has 0 saturated heterocycles. The van der Waals surface area contributed by atoms with Gasteiger partial charge < -0.3 is 10.1 Å². The number of rotatable bonds is 5. The maximum atomic E-state index is 11.4. The van der Waals surface area contributed by atoms with Crippen LogP contribution in [0.1, 0.15) is 5.69 Å². The van der Waals surface area contributed by atoms with Gasteiger partial charge in [0.05, 0.1) is 10.6 Å². The second-order valence-electron chi connectivity index (χ2n) is 4.34. The Hall–Kier alpha value is -1.92. The van der Waals surface area contributed by atoms with Gasteiger partial charge in [-0.25, -0.2) is 13.4 Å². The predicted octanol–water partition coefficient (Wildman–Crippen LogP) is 2.00. The maximum Gasteiger partial charge on any atom is 0.219 e. The van der Waals surface area contributed by atoms with Crippen molar-refractivity contribution in [2.24, 2.45) is 0 Å². The minimum Gasteiger partial charge on any atom is -0.439 e. The number of pyridine rings is 1. The van der Waals surface area contributed by atoms with Crippen LogP contribution in [0.5, 0.6) is 11.6 Å². The van der Waals surface area contributed by atoms with Crippen LogP contribution in [0.4, 0.5) is 0 Å². The molecule has 5 nitrogen and oxygen atoms in total. The third-order valence-electron chi connectivity index (χ3n) is 2.61. The van der Waals surface area contributed by atoms with Crippen LogP contribution >= 0.6 is 0 Å². The second-order valence-corrected chi connectivity index (χ2v) is 6.36. The van der Waals surface area contributed by atoms with Crippen LogP contribution in [0.15, 0.2) is 47.4 Å². The Balaban J connectivity index is 2.16. The Kier molecular flexibility index (Phi) is 4.36. The Labute approximate surface area is 118 Å². The second kappa shape index (κ2) is 6.02. The molecule has 1 aromatic heterocycles. The number of benzene rings is 1. The van der Waals surface area contributed by atoms with Crippen molar-refractivity contribution in [3.8, 4) is 11.6 Å². The van der Waals surface area contributed by atoms with Crippen molar-refractivity contribution in [1.82, 2.24) is 10.3 Å². The summed E-state index contributed by atoms with van der Waals surface area (Å²) in [6, 6.07) is 11.8. The summed E-state index contributed by atoms with van der Waals surface area (Å²) in [6.45, 7) is 0.657. The van der Waals surface area contributed by atoms with Crippen LogP contribution in [0.3, 0.4) is 0 Å². The number of nitrogens with zero attached hydrogens (tertiary/aromatic N) is 1. The Morgan fingerprint density at radius 1 is 1.15 bits per heavy atom. The first kappa shape index (κ1) is 14.5. The van der Waals surface area contributed by atoms with Gasteiger partial charge in [-0.15, -0.1) is 0 Å². The smallest absolute Gasteiger partial charge is 0.219 e. The van der Waals surface area contributed by atoms with E-state index in [9.17, 15) is 8.42 Å². The molecule has 2 rings (SSSR count). The van der Waals surface area contributed by atoms with Crippen molar-refractivity contribution in [3.05, 3.63) is 48.2 Å². The van der Waals surface area contributed by atoms with Gasteiger partial charge in [0.1, 0.15) is 5.75 Å². The lowest BCUT2D eigenvalue weighted by atomic mass is 10.3. The monoisotopic (exact) mass is 292 g/mol. The van der Waals surface area contributed by atoms with Crippen LogP contribution in [-0.4, -0.2) is 26.7 Å². The molecule has 6 heteroatoms. The average Bonchev–Trinajstić information content (AvgIpc) is 2.39. The van der Waals surface area contributed by atoms with Gasteiger partial charge in [-0.1, -0.05) is 6.07 Å². The van der Waals surface area contributed by atoms with Gasteiger partial charge in [-0.3, -0.25) is 0 Å². The summed E-state index contributed by atoms with van der Waals surface area (Å²) >= 11 is 0. The van der Waals surface area contributed by atoms with Crippen molar-refractivity contribution in [2.75, 3.05) is 13.3 Å². The summed E-state index contributed by atoms with van der Waals surface area (Å²) in [4.78, 5) is 4.59. The van der Waals surface area contributed by atoms with Crippen molar-refractivity contribution in [2.45, 2.75) is 11.4 Å². The molecule has 1 N–H and O–H groups in total. The summed E-state index contributed by atoms with van der Waals surface area (Å²) in [6.07, 6.45) is 1.17. The highest BCUT2D eigenvalue weighted by Crippen LogP contribution is 2.21. The first-order valence-corrected chi connectivity index (χ1v) is 7.97. The van der Waals surface area contributed by atoms with E-state index in [1.807, 2.05) is 19.2 Å². The minimum atomic E-state index is -3.19. The van der Waals surface area contributed by atoms with Crippen LogP contribution < -0.4 is 10.1 Å². The topological polar surface area (TPSA) is 68.3 Å². The molecule has 0 radical (unpaired) electrons. The lowest BCUT2D eigenvalue weighted by Gasteiger charge is -2.07. The SMILES string of the molecule is CNCc1cccc(Oc2ccc(S(C)(=O)=O)cc2)n1. The Bertz CT molecular complexity index is 682. The number of sulfone groups is 1. The molecular weight excluding hydrogens is 276 g/mol. The largest absolute Gasteiger partial charge is 0.439 e. The third kappa shape index (κ3) is 3.79. The summed E-state index contributed by atoms with van der Waals surface area (Å²) < 4.78 is 28.3. The quantitative estimate of drug-likeness (QED) is 0.913. The zero-order chi connectivity index (χ0) is 14.6. The molecule has 1 heterocycles. The van der Waals surface area contributed by atoms with E-state index in [4.69, 9.17) is 4.74 Å². The standard InChI is InChI=1S/C14H16N2O3S/c1-15-10-11-4-3-5-14(16-11)19-12-6-8-13(9-7-12)20(2,17)18/h3-9,15H,10H2,1-2H3. The van der Waals surface area contributed by atoms with E-state index >= 15 is 0 Å². The fraction of sp³-hybridized carbons (Fsp3) is 0.214. The third-order valence-corrected chi connectivity index (χ3v) is 3.74. The van der Waals surface area contributed by atoms with E-state index in [1.165, 1.54) is 18.4 Å². The molecule has 0 bridgehead atoms. The molecule has 0 aliphatic heterocycles. The molecule has 0 fully saturated rings. The number of hydrogen-bond donors (Lipinski definition) is 1. The summed E-state index contributed by atoms with van der Waals surface area (Å²) in [5.41, 5.74) is 0.873. The van der Waals surface area contributed by atoms with E-state index in [0.29, 0.717) is 18.2 Å². The van der Waals surface area contributed by atoms with Crippen molar-refractivity contribution < 1.29 is 13.2 Å². The molecule has 20 heavy (non-hydrogen) atoms. The normalized spacial score (nSPS) is 11.3. The highest BCUT2D eigenvalue weighted by Gasteiger charge is 2.07. The zero-order valence-corrected chi connectivity index (χ0v) is 12.1. The molecule has 1 aromatic carbocycles. The fourth-order valence-corrected chi connectivity index (χ4v) is 2.30. The number of hydrogen-bond acceptors (Lipinski definition) is 5. The van der Waals surface area contributed by atoms with Gasteiger partial charge in [-0.2, -0.15) is 0 Å². The van der Waals surface area contributed by atoms with Crippen molar-refractivity contribution in [1.29, 1.82) is 0 Å². The minimum absolute atomic E-state index is 0.266. The number of ether oxygens (including phenoxy) is 1. The molecule has 0 aliphatic carbocycles. The summed E-state index contributed by atoms with van der Waals surface area (Å²) in [5, 5.41) is 3.01. The molecule has 0 atom stereocenters. The van der Waals surface area contributed by atoms with Crippen molar-refractivity contribution >= 4 is 9.84 Å². The van der Waals surface area contributed by atoms with E-state index in [0.717, 1.165) is 5.69 Å². The first-order chi connectivity index (χ1) is 9.49. The first-order valence-electron chi connectivity index (χ1n) is 6.07. The van der Waals surface area contributed by atoms with Gasteiger partial charge in [0, 0.05) is 18.9 Å².